The van der Waals surface area contributed by atoms with Crippen LogP contribution >= 0.6 is 12.6 Å². The second-order valence-corrected chi connectivity index (χ2v) is 4.98. The molecule has 0 bridgehead atoms. The number of carboxylic acid groups (broad SMARTS) is 1. The number of anilines is 1. The lowest BCUT2D eigenvalue weighted by atomic mass is 9.95. The van der Waals surface area contributed by atoms with E-state index < -0.39 is 11.2 Å². The normalized spacial score (nSPS) is 17.3. The average molecular weight is 265 g/mol. The molecule has 0 spiro atoms. The predicted octanol–water partition coefficient (Wildman–Crippen LogP) is 2.96. The summed E-state index contributed by atoms with van der Waals surface area (Å²) in [4.78, 5) is 21.7. The number of aliphatic carboxylic acids is 1. The van der Waals surface area contributed by atoms with Crippen molar-refractivity contribution >= 4 is 29.5 Å². The third-order valence-corrected chi connectivity index (χ3v) is 3.59. The Bertz CT molecular complexity index is 513. The second kappa shape index (κ2) is 5.02. The number of carbonyl (C=O) groups excluding carboxylic acids is 1. The number of amides is 1. The van der Waals surface area contributed by atoms with Crippen molar-refractivity contribution in [1.82, 2.24) is 0 Å². The smallest absolute Gasteiger partial charge is 0.303 e. The Morgan fingerprint density at radius 1 is 1.50 bits per heavy atom. The minimum Gasteiger partial charge on any atom is -0.481 e. The van der Waals surface area contributed by atoms with Gasteiger partial charge in [0.2, 0.25) is 0 Å². The van der Waals surface area contributed by atoms with Crippen LogP contribution in [0.4, 0.5) is 10.5 Å². The van der Waals surface area contributed by atoms with Crippen molar-refractivity contribution in [2.24, 2.45) is 0 Å². The Labute approximate surface area is 111 Å². The topological polar surface area (TPSA) is 66.4 Å². The summed E-state index contributed by atoms with van der Waals surface area (Å²) in [5, 5.41) is 11.2. The van der Waals surface area contributed by atoms with Crippen LogP contribution in [0.15, 0.2) is 12.1 Å². The van der Waals surface area contributed by atoms with E-state index in [9.17, 15) is 9.59 Å². The first-order valence-corrected chi connectivity index (χ1v) is 6.28. The molecule has 5 heteroatoms. The van der Waals surface area contributed by atoms with Gasteiger partial charge in [0.25, 0.3) is 5.24 Å². The van der Waals surface area contributed by atoms with E-state index in [1.165, 1.54) is 5.56 Å². The molecule has 1 amide bonds. The largest absolute Gasteiger partial charge is 0.481 e. The summed E-state index contributed by atoms with van der Waals surface area (Å²) in [7, 11) is 0. The highest BCUT2D eigenvalue weighted by molar-refractivity contribution is 7.96. The van der Waals surface area contributed by atoms with Crippen molar-refractivity contribution in [2.75, 3.05) is 5.32 Å². The Hall–Kier alpha value is -1.49. The van der Waals surface area contributed by atoms with Gasteiger partial charge in [0, 0.05) is 5.69 Å². The van der Waals surface area contributed by atoms with E-state index in [1.807, 2.05) is 19.1 Å². The van der Waals surface area contributed by atoms with Gasteiger partial charge in [0.05, 0.1) is 6.42 Å². The number of carboxylic acids is 1. The summed E-state index contributed by atoms with van der Waals surface area (Å²) < 4.78 is 0. The van der Waals surface area contributed by atoms with Gasteiger partial charge >= 0.3 is 5.97 Å². The third-order valence-electron chi connectivity index (χ3n) is 3.48. The fourth-order valence-electron chi connectivity index (χ4n) is 2.64. The van der Waals surface area contributed by atoms with Crippen LogP contribution in [0.25, 0.3) is 0 Å². The molecule has 0 saturated heterocycles. The van der Waals surface area contributed by atoms with Crippen LogP contribution in [-0.2, 0) is 11.2 Å². The average Bonchev–Trinajstić information content (AvgIpc) is 2.65. The molecule has 2 N–H and O–H groups in total. The molecule has 0 saturated carbocycles. The Morgan fingerprint density at radius 2 is 2.22 bits per heavy atom. The summed E-state index contributed by atoms with van der Waals surface area (Å²) in [5.41, 5.74) is 4.04. The quantitative estimate of drug-likeness (QED) is 0.736. The molecule has 0 unspecified atom stereocenters. The van der Waals surface area contributed by atoms with Crippen molar-refractivity contribution in [3.05, 3.63) is 28.8 Å². The van der Waals surface area contributed by atoms with Gasteiger partial charge < -0.3 is 10.4 Å². The van der Waals surface area contributed by atoms with Gasteiger partial charge in [-0.15, -0.1) is 0 Å². The van der Waals surface area contributed by atoms with Crippen LogP contribution in [-0.4, -0.2) is 16.3 Å². The zero-order valence-corrected chi connectivity index (χ0v) is 11.0. The summed E-state index contributed by atoms with van der Waals surface area (Å²) in [6.07, 6.45) is 1.90. The Balaban J connectivity index is 2.31. The van der Waals surface area contributed by atoms with Crippen LogP contribution in [0.3, 0.4) is 0 Å². The van der Waals surface area contributed by atoms with Crippen LogP contribution in [0.5, 0.6) is 0 Å². The molecule has 0 aromatic heterocycles. The summed E-state index contributed by atoms with van der Waals surface area (Å²) in [5.74, 6) is -0.671. The van der Waals surface area contributed by atoms with Gasteiger partial charge in [0.15, 0.2) is 0 Å². The van der Waals surface area contributed by atoms with E-state index in [1.54, 1.807) is 0 Å². The first-order valence-electron chi connectivity index (χ1n) is 5.83. The van der Waals surface area contributed by atoms with E-state index in [0.29, 0.717) is 0 Å². The molecule has 18 heavy (non-hydrogen) atoms. The summed E-state index contributed by atoms with van der Waals surface area (Å²) in [6.45, 7) is 1.95. The van der Waals surface area contributed by atoms with E-state index in [-0.39, 0.29) is 12.3 Å². The molecule has 0 fully saturated rings. The molecule has 1 atom stereocenters. The molecule has 96 valence electrons. The standard InChI is InChI=1S/C13H15NO3S/c1-7-9-3-2-8(6-12(15)16)10(9)4-5-11(7)14-13(17)18/h4-5,8H,2-3,6H2,1H3,(H,15,16)(H2,14,17,18)/t8-/m1/s1. The van der Waals surface area contributed by atoms with Crippen LogP contribution in [0, 0.1) is 6.92 Å². The highest BCUT2D eigenvalue weighted by atomic mass is 32.1. The van der Waals surface area contributed by atoms with E-state index in [0.717, 1.165) is 29.7 Å². The monoisotopic (exact) mass is 265 g/mol. The molecule has 1 aromatic rings. The molecule has 0 aliphatic heterocycles. The van der Waals surface area contributed by atoms with Gasteiger partial charge in [-0.05, 0) is 48.4 Å². The van der Waals surface area contributed by atoms with Crippen molar-refractivity contribution in [3.8, 4) is 0 Å². The maximum absolute atomic E-state index is 11.0. The maximum atomic E-state index is 11.0. The summed E-state index contributed by atoms with van der Waals surface area (Å²) in [6, 6.07) is 3.74. The third kappa shape index (κ3) is 2.51. The van der Waals surface area contributed by atoms with E-state index in [4.69, 9.17) is 5.11 Å². The Kier molecular flexibility index (Phi) is 3.61. The first kappa shape index (κ1) is 13.0. The highest BCUT2D eigenvalue weighted by Gasteiger charge is 2.26. The van der Waals surface area contributed by atoms with E-state index >= 15 is 0 Å². The minimum absolute atomic E-state index is 0.0944. The molecule has 0 heterocycles. The van der Waals surface area contributed by atoms with Gasteiger partial charge in [-0.25, -0.2) is 0 Å². The summed E-state index contributed by atoms with van der Waals surface area (Å²) >= 11 is 3.70. The number of rotatable bonds is 3. The van der Waals surface area contributed by atoms with Gasteiger partial charge in [-0.1, -0.05) is 18.7 Å². The van der Waals surface area contributed by atoms with Crippen LogP contribution in [0.2, 0.25) is 0 Å². The zero-order valence-electron chi connectivity index (χ0n) is 10.1. The second-order valence-electron chi connectivity index (χ2n) is 4.57. The number of fused-ring (bicyclic) bond motifs is 1. The molecule has 4 nitrogen and oxygen atoms in total. The SMILES string of the molecule is Cc1c(NC(=O)S)ccc2c1CC[C@@H]2CC(=O)O. The predicted molar refractivity (Wildman–Crippen MR) is 72.5 cm³/mol. The zero-order chi connectivity index (χ0) is 13.3. The van der Waals surface area contributed by atoms with Crippen molar-refractivity contribution in [3.63, 3.8) is 0 Å². The lowest BCUT2D eigenvalue weighted by Gasteiger charge is -2.13. The van der Waals surface area contributed by atoms with Crippen LogP contribution < -0.4 is 5.32 Å². The fourth-order valence-corrected chi connectivity index (χ4v) is 2.76. The Morgan fingerprint density at radius 3 is 2.83 bits per heavy atom. The molecule has 1 aliphatic carbocycles. The van der Waals surface area contributed by atoms with Crippen molar-refractivity contribution < 1.29 is 14.7 Å². The number of carbonyl (C=O) groups is 2. The molecular formula is C13H15NO3S. The molecule has 1 aliphatic rings. The number of nitrogens with one attached hydrogen (secondary N) is 1. The van der Waals surface area contributed by atoms with Crippen molar-refractivity contribution in [2.45, 2.75) is 32.1 Å². The number of hydrogen-bond acceptors (Lipinski definition) is 2. The molecule has 0 radical (unpaired) electrons. The number of benzene rings is 1. The lowest BCUT2D eigenvalue weighted by molar-refractivity contribution is -0.137. The van der Waals surface area contributed by atoms with E-state index in [2.05, 4.69) is 17.9 Å². The lowest BCUT2D eigenvalue weighted by Crippen LogP contribution is -2.06. The fraction of sp³-hybridized carbons (Fsp3) is 0.385. The molecule has 2 rings (SSSR count). The van der Waals surface area contributed by atoms with Crippen molar-refractivity contribution in [1.29, 1.82) is 0 Å². The molecular weight excluding hydrogens is 250 g/mol. The van der Waals surface area contributed by atoms with Gasteiger partial charge in [-0.3, -0.25) is 9.59 Å². The van der Waals surface area contributed by atoms with Gasteiger partial charge in [-0.2, -0.15) is 0 Å². The first-order chi connectivity index (χ1) is 8.49. The molecule has 1 aromatic carbocycles. The van der Waals surface area contributed by atoms with Crippen LogP contribution in [0.1, 0.15) is 35.4 Å². The van der Waals surface area contributed by atoms with Gasteiger partial charge in [0.1, 0.15) is 0 Å². The minimum atomic E-state index is -0.766. The maximum Gasteiger partial charge on any atom is 0.303 e. The number of thiol groups is 1. The highest BCUT2D eigenvalue weighted by Crippen LogP contribution is 2.39. The number of hydrogen-bond donors (Lipinski definition) is 3.